The Kier molecular flexibility index (Phi) is 4.52. The lowest BCUT2D eigenvalue weighted by Gasteiger charge is -2.12. The van der Waals surface area contributed by atoms with Crippen LogP contribution in [0.25, 0.3) is 11.3 Å². The van der Waals surface area contributed by atoms with E-state index in [1.54, 1.807) is 18.2 Å². The first-order valence-corrected chi connectivity index (χ1v) is 7.40. The van der Waals surface area contributed by atoms with E-state index in [0.29, 0.717) is 32.3 Å². The second-order valence-corrected chi connectivity index (χ2v) is 5.37. The van der Waals surface area contributed by atoms with Crippen molar-refractivity contribution in [3.63, 3.8) is 0 Å². The summed E-state index contributed by atoms with van der Waals surface area (Å²) in [4.78, 5) is 8.62. The summed E-state index contributed by atoms with van der Waals surface area (Å²) in [5, 5.41) is 1.65. The monoisotopic (exact) mass is 314 g/mol. The van der Waals surface area contributed by atoms with Crippen LogP contribution in [0.15, 0.2) is 23.4 Å². The third kappa shape index (κ3) is 2.95. The minimum atomic E-state index is 0.245. The first kappa shape index (κ1) is 14.4. The molecule has 1 aromatic heterocycles. The number of halogens is 2. The second-order valence-electron chi connectivity index (χ2n) is 3.75. The van der Waals surface area contributed by atoms with Crippen LogP contribution in [0, 0.1) is 0 Å². The van der Waals surface area contributed by atoms with Crippen molar-refractivity contribution in [2.24, 2.45) is 5.73 Å². The van der Waals surface area contributed by atoms with Gasteiger partial charge in [0.25, 0.3) is 0 Å². The first-order chi connectivity index (χ1) is 9.06. The molecular formula is C12H12Cl2N4S. The molecule has 0 radical (unpaired) electrons. The number of hydrogen-bond acceptors (Lipinski definition) is 5. The molecule has 4 nitrogen and oxygen atoms in total. The van der Waals surface area contributed by atoms with E-state index in [1.807, 2.05) is 6.26 Å². The van der Waals surface area contributed by atoms with Crippen molar-refractivity contribution in [3.8, 4) is 11.3 Å². The Bertz CT molecular complexity index is 619. The Morgan fingerprint density at radius 3 is 2.58 bits per heavy atom. The number of aromatic nitrogens is 2. The van der Waals surface area contributed by atoms with Gasteiger partial charge in [0.05, 0.1) is 10.7 Å². The highest BCUT2D eigenvalue weighted by Crippen LogP contribution is 2.33. The molecule has 4 N–H and O–H groups in total. The highest BCUT2D eigenvalue weighted by atomic mass is 35.5. The maximum absolute atomic E-state index is 6.21. The molecule has 2 rings (SSSR count). The molecule has 0 amide bonds. The fraction of sp³-hybridized carbons (Fsp3) is 0.167. The van der Waals surface area contributed by atoms with Crippen LogP contribution in [0.2, 0.25) is 10.0 Å². The number of nitrogen functional groups attached to an aromatic ring is 1. The van der Waals surface area contributed by atoms with E-state index in [4.69, 9.17) is 34.7 Å². The number of nitrogens with two attached hydrogens (primary N) is 2. The summed E-state index contributed by atoms with van der Waals surface area (Å²) < 4.78 is 0. The molecule has 0 saturated heterocycles. The molecule has 1 aromatic carbocycles. The van der Waals surface area contributed by atoms with Crippen LogP contribution in [0.1, 0.15) is 5.56 Å². The number of anilines is 1. The summed E-state index contributed by atoms with van der Waals surface area (Å²) >= 11 is 13.5. The lowest BCUT2D eigenvalue weighted by molar-refractivity contribution is 0.934. The zero-order valence-electron chi connectivity index (χ0n) is 10.2. The van der Waals surface area contributed by atoms with Gasteiger partial charge in [-0.15, -0.1) is 0 Å². The van der Waals surface area contributed by atoms with Crippen LogP contribution >= 0.6 is 35.0 Å². The van der Waals surface area contributed by atoms with Crippen molar-refractivity contribution in [2.75, 3.05) is 12.0 Å². The predicted molar refractivity (Wildman–Crippen MR) is 81.6 cm³/mol. The quantitative estimate of drug-likeness (QED) is 0.672. The highest BCUT2D eigenvalue weighted by Gasteiger charge is 2.15. The second kappa shape index (κ2) is 5.96. The topological polar surface area (TPSA) is 77.8 Å². The van der Waals surface area contributed by atoms with E-state index >= 15 is 0 Å². The number of rotatable bonds is 3. The summed E-state index contributed by atoms with van der Waals surface area (Å²) in [7, 11) is 0. The van der Waals surface area contributed by atoms with Crippen LogP contribution in [0.3, 0.4) is 0 Å². The standard InChI is InChI=1S/C12H12Cl2N4S/c1-19-12-17-10(8(5-15)11(16)18-12)7-3-2-6(13)4-9(7)14/h2-4H,5,15H2,1H3,(H2,16,17,18). The summed E-state index contributed by atoms with van der Waals surface area (Å²) in [5.74, 6) is 0.378. The summed E-state index contributed by atoms with van der Waals surface area (Å²) in [6.07, 6.45) is 1.88. The minimum Gasteiger partial charge on any atom is -0.383 e. The van der Waals surface area contributed by atoms with Crippen molar-refractivity contribution in [1.29, 1.82) is 0 Å². The van der Waals surface area contributed by atoms with Crippen LogP contribution < -0.4 is 11.5 Å². The first-order valence-electron chi connectivity index (χ1n) is 5.42. The van der Waals surface area contributed by atoms with E-state index in [-0.39, 0.29) is 6.54 Å². The molecule has 0 bridgehead atoms. The fourth-order valence-electron chi connectivity index (χ4n) is 1.68. The molecule has 1 heterocycles. The van der Waals surface area contributed by atoms with Gasteiger partial charge in [-0.1, -0.05) is 35.0 Å². The maximum atomic E-state index is 6.21. The van der Waals surface area contributed by atoms with Crippen molar-refractivity contribution >= 4 is 40.8 Å². The average molecular weight is 315 g/mol. The lowest BCUT2D eigenvalue weighted by Crippen LogP contribution is -2.09. The van der Waals surface area contributed by atoms with Gasteiger partial charge < -0.3 is 11.5 Å². The SMILES string of the molecule is CSc1nc(N)c(CN)c(-c2ccc(Cl)cc2Cl)n1. The van der Waals surface area contributed by atoms with E-state index in [9.17, 15) is 0 Å². The normalized spacial score (nSPS) is 10.7. The lowest BCUT2D eigenvalue weighted by atomic mass is 10.1. The molecule has 0 fully saturated rings. The van der Waals surface area contributed by atoms with Gasteiger partial charge in [0.1, 0.15) is 5.82 Å². The van der Waals surface area contributed by atoms with Gasteiger partial charge in [-0.05, 0) is 24.5 Å². The molecule has 0 aliphatic rings. The van der Waals surface area contributed by atoms with E-state index < -0.39 is 0 Å². The smallest absolute Gasteiger partial charge is 0.189 e. The Hall–Kier alpha value is -1.01. The van der Waals surface area contributed by atoms with Crippen LogP contribution in [0.4, 0.5) is 5.82 Å². The van der Waals surface area contributed by atoms with Crippen molar-refractivity contribution in [1.82, 2.24) is 9.97 Å². The number of nitrogens with zero attached hydrogens (tertiary/aromatic N) is 2. The summed E-state index contributed by atoms with van der Waals surface area (Å²) in [5.41, 5.74) is 13.7. The molecule has 0 saturated carbocycles. The molecule has 2 aromatic rings. The Morgan fingerprint density at radius 1 is 1.26 bits per heavy atom. The Morgan fingerprint density at radius 2 is 2.00 bits per heavy atom. The number of hydrogen-bond donors (Lipinski definition) is 2. The van der Waals surface area contributed by atoms with Gasteiger partial charge in [0.2, 0.25) is 0 Å². The average Bonchev–Trinajstić information content (AvgIpc) is 2.37. The molecule has 0 spiro atoms. The molecule has 0 aliphatic heterocycles. The molecule has 7 heteroatoms. The zero-order valence-corrected chi connectivity index (χ0v) is 12.5. The fourth-order valence-corrected chi connectivity index (χ4v) is 2.55. The van der Waals surface area contributed by atoms with E-state index in [0.717, 1.165) is 5.56 Å². The Balaban J connectivity index is 2.69. The van der Waals surface area contributed by atoms with Crippen molar-refractivity contribution in [2.45, 2.75) is 11.7 Å². The highest BCUT2D eigenvalue weighted by molar-refractivity contribution is 7.98. The van der Waals surface area contributed by atoms with Crippen LogP contribution in [0.5, 0.6) is 0 Å². The third-order valence-corrected chi connectivity index (χ3v) is 3.69. The van der Waals surface area contributed by atoms with Gasteiger partial charge in [-0.2, -0.15) is 0 Å². The molecule has 100 valence electrons. The molecular weight excluding hydrogens is 303 g/mol. The molecule has 0 aliphatic carbocycles. The van der Waals surface area contributed by atoms with Gasteiger partial charge in [0, 0.05) is 22.7 Å². The molecule has 19 heavy (non-hydrogen) atoms. The number of benzene rings is 1. The van der Waals surface area contributed by atoms with Crippen LogP contribution in [-0.4, -0.2) is 16.2 Å². The Labute approximate surface area is 125 Å². The van der Waals surface area contributed by atoms with E-state index in [1.165, 1.54) is 11.8 Å². The summed E-state index contributed by atoms with van der Waals surface area (Å²) in [6.45, 7) is 0.245. The minimum absolute atomic E-state index is 0.245. The molecule has 0 atom stereocenters. The van der Waals surface area contributed by atoms with Crippen LogP contribution in [-0.2, 0) is 6.54 Å². The predicted octanol–water partition coefficient (Wildman–Crippen LogP) is 3.21. The third-order valence-electron chi connectivity index (χ3n) is 2.59. The zero-order chi connectivity index (χ0) is 14.0. The van der Waals surface area contributed by atoms with Crippen molar-refractivity contribution in [3.05, 3.63) is 33.8 Å². The number of thioether (sulfide) groups is 1. The maximum Gasteiger partial charge on any atom is 0.189 e. The van der Waals surface area contributed by atoms with Gasteiger partial charge in [-0.3, -0.25) is 0 Å². The van der Waals surface area contributed by atoms with E-state index in [2.05, 4.69) is 9.97 Å². The van der Waals surface area contributed by atoms with Crippen molar-refractivity contribution < 1.29 is 0 Å². The molecule has 0 unspecified atom stereocenters. The largest absolute Gasteiger partial charge is 0.383 e. The van der Waals surface area contributed by atoms with Gasteiger partial charge in [0.15, 0.2) is 5.16 Å². The van der Waals surface area contributed by atoms with Gasteiger partial charge >= 0.3 is 0 Å². The summed E-state index contributed by atoms with van der Waals surface area (Å²) in [6, 6.07) is 5.21. The van der Waals surface area contributed by atoms with Gasteiger partial charge in [-0.25, -0.2) is 9.97 Å².